The first-order valence-corrected chi connectivity index (χ1v) is 4.68. The average Bonchev–Trinajstić information content (AvgIpc) is 1.80. The van der Waals surface area contributed by atoms with Crippen molar-refractivity contribution in [2.24, 2.45) is 5.14 Å². The summed E-state index contributed by atoms with van der Waals surface area (Å²) in [5.41, 5.74) is 0. The van der Waals surface area contributed by atoms with E-state index in [0.717, 1.165) is 0 Å². The van der Waals surface area contributed by atoms with E-state index in [0.29, 0.717) is 0 Å². The van der Waals surface area contributed by atoms with Crippen LogP contribution in [0, 0.1) is 0 Å². The second-order valence-corrected chi connectivity index (χ2v) is 4.31. The van der Waals surface area contributed by atoms with Gasteiger partial charge in [-0.15, -0.1) is 0 Å². The number of hydrogen-bond donors (Lipinski definition) is 2. The van der Waals surface area contributed by atoms with E-state index in [9.17, 15) is 13.2 Å². The summed E-state index contributed by atoms with van der Waals surface area (Å²) in [6, 6.07) is 0. The van der Waals surface area contributed by atoms with Gasteiger partial charge in [-0.3, -0.25) is 4.79 Å². The fourth-order valence-electron chi connectivity index (χ4n) is 0.491. The molecule has 0 heterocycles. The Bertz CT molecular complexity index is 233. The van der Waals surface area contributed by atoms with Crippen LogP contribution in [0.3, 0.4) is 0 Å². The van der Waals surface area contributed by atoms with Crippen LogP contribution >= 0.6 is 0 Å². The van der Waals surface area contributed by atoms with Gasteiger partial charge in [-0.05, 0) is 13.3 Å². The molecule has 0 fully saturated rings. The first kappa shape index (κ1) is 10.4. The molecule has 1 unspecified atom stereocenters. The lowest BCUT2D eigenvalue weighted by atomic mass is 10.2. The smallest absolute Gasteiger partial charge is 0.303 e. The number of sulfonamides is 1. The van der Waals surface area contributed by atoms with Crippen LogP contribution < -0.4 is 5.14 Å². The molecule has 0 saturated carbocycles. The number of rotatable bonds is 4. The third-order valence-corrected chi connectivity index (χ3v) is 2.68. The van der Waals surface area contributed by atoms with Crippen molar-refractivity contribution in [2.45, 2.75) is 25.0 Å². The van der Waals surface area contributed by atoms with Crippen LogP contribution in [0.15, 0.2) is 0 Å². The van der Waals surface area contributed by atoms with Crippen molar-refractivity contribution in [3.63, 3.8) is 0 Å². The first-order chi connectivity index (χ1) is 4.84. The fourth-order valence-corrected chi connectivity index (χ4v) is 0.937. The Morgan fingerprint density at radius 1 is 1.64 bits per heavy atom. The number of carbonyl (C=O) groups is 1. The number of carboxylic acids is 1. The largest absolute Gasteiger partial charge is 0.481 e. The number of hydrogen-bond acceptors (Lipinski definition) is 3. The van der Waals surface area contributed by atoms with Crippen LogP contribution in [0.5, 0.6) is 0 Å². The lowest BCUT2D eigenvalue weighted by molar-refractivity contribution is -0.137. The van der Waals surface area contributed by atoms with Crippen molar-refractivity contribution in [3.05, 3.63) is 0 Å². The number of carboxylic acid groups (broad SMARTS) is 1. The summed E-state index contributed by atoms with van der Waals surface area (Å²) >= 11 is 0. The SMILES string of the molecule is CC(CCC(=O)O)S(N)(=O)=O. The topological polar surface area (TPSA) is 97.5 Å². The van der Waals surface area contributed by atoms with Crippen LogP contribution in [0.1, 0.15) is 19.8 Å². The lowest BCUT2D eigenvalue weighted by Crippen LogP contribution is -2.26. The Labute approximate surface area is 65.3 Å². The average molecular weight is 181 g/mol. The summed E-state index contributed by atoms with van der Waals surface area (Å²) in [7, 11) is -3.56. The molecule has 0 radical (unpaired) electrons. The molecule has 5 nitrogen and oxygen atoms in total. The Balaban J connectivity index is 3.90. The summed E-state index contributed by atoms with van der Waals surface area (Å²) < 4.78 is 21.1. The summed E-state index contributed by atoms with van der Waals surface area (Å²) in [5, 5.41) is 12.2. The molecule has 0 aliphatic carbocycles. The van der Waals surface area contributed by atoms with Crippen molar-refractivity contribution in [3.8, 4) is 0 Å². The quantitative estimate of drug-likeness (QED) is 0.612. The van der Waals surface area contributed by atoms with Gasteiger partial charge in [0.05, 0.1) is 5.25 Å². The van der Waals surface area contributed by atoms with Gasteiger partial charge < -0.3 is 5.11 Å². The zero-order valence-corrected chi connectivity index (χ0v) is 6.97. The molecule has 0 aromatic rings. The molecule has 0 amide bonds. The van der Waals surface area contributed by atoms with Gasteiger partial charge in [0, 0.05) is 6.42 Å². The number of aliphatic carboxylic acids is 1. The van der Waals surface area contributed by atoms with Crippen LogP contribution in [-0.2, 0) is 14.8 Å². The third-order valence-electron chi connectivity index (χ3n) is 1.33. The molecule has 0 aromatic heterocycles. The van der Waals surface area contributed by atoms with Crippen LogP contribution in [0.2, 0.25) is 0 Å². The van der Waals surface area contributed by atoms with Crippen molar-refractivity contribution in [1.82, 2.24) is 0 Å². The normalized spacial score (nSPS) is 14.4. The maximum absolute atomic E-state index is 10.5. The molecule has 6 heteroatoms. The first-order valence-electron chi connectivity index (χ1n) is 3.07. The zero-order chi connectivity index (χ0) is 9.07. The minimum absolute atomic E-state index is 0.0637. The molecular formula is C5H11NO4S. The van der Waals surface area contributed by atoms with Crippen LogP contribution in [-0.4, -0.2) is 24.7 Å². The van der Waals surface area contributed by atoms with Crippen molar-refractivity contribution < 1.29 is 18.3 Å². The van der Waals surface area contributed by atoms with Crippen molar-refractivity contribution in [1.29, 1.82) is 0 Å². The Morgan fingerprint density at radius 2 is 2.09 bits per heavy atom. The standard InChI is InChI=1S/C5H11NO4S/c1-4(11(6,9)10)2-3-5(7)8/h4H,2-3H2,1H3,(H,7,8)(H2,6,9,10). The summed E-state index contributed by atoms with van der Waals surface area (Å²) in [5.74, 6) is -1.01. The second kappa shape index (κ2) is 3.68. The van der Waals surface area contributed by atoms with Gasteiger partial charge >= 0.3 is 5.97 Å². The van der Waals surface area contributed by atoms with Crippen LogP contribution in [0.4, 0.5) is 0 Å². The highest BCUT2D eigenvalue weighted by molar-refractivity contribution is 7.89. The van der Waals surface area contributed by atoms with E-state index in [-0.39, 0.29) is 12.8 Å². The van der Waals surface area contributed by atoms with E-state index < -0.39 is 21.2 Å². The molecule has 1 atom stereocenters. The van der Waals surface area contributed by atoms with E-state index in [4.69, 9.17) is 10.2 Å². The monoisotopic (exact) mass is 181 g/mol. The predicted molar refractivity (Wildman–Crippen MR) is 39.4 cm³/mol. The molecule has 0 saturated heterocycles. The third kappa shape index (κ3) is 4.74. The van der Waals surface area contributed by atoms with Gasteiger partial charge in [0.15, 0.2) is 0 Å². The highest BCUT2D eigenvalue weighted by Crippen LogP contribution is 2.03. The molecule has 0 aliphatic heterocycles. The van der Waals surface area contributed by atoms with Gasteiger partial charge in [-0.1, -0.05) is 0 Å². The second-order valence-electron chi connectivity index (χ2n) is 2.33. The summed E-state index contributed by atoms with van der Waals surface area (Å²) in [6.45, 7) is 1.39. The molecule has 0 spiro atoms. The van der Waals surface area contributed by atoms with Gasteiger partial charge in [-0.2, -0.15) is 0 Å². The van der Waals surface area contributed by atoms with E-state index >= 15 is 0 Å². The Kier molecular flexibility index (Phi) is 3.47. The lowest BCUT2D eigenvalue weighted by Gasteiger charge is -2.05. The Hall–Kier alpha value is -0.620. The predicted octanol–water partition coefficient (Wildman–Crippen LogP) is -0.472. The maximum Gasteiger partial charge on any atom is 0.303 e. The number of primary sulfonamides is 1. The minimum atomic E-state index is -3.56. The Morgan fingerprint density at radius 3 is 2.36 bits per heavy atom. The van der Waals surface area contributed by atoms with E-state index in [1.54, 1.807) is 0 Å². The zero-order valence-electron chi connectivity index (χ0n) is 6.15. The molecule has 0 rings (SSSR count). The van der Waals surface area contributed by atoms with Gasteiger partial charge in [0.1, 0.15) is 0 Å². The van der Waals surface area contributed by atoms with Crippen LogP contribution in [0.25, 0.3) is 0 Å². The van der Waals surface area contributed by atoms with Crippen molar-refractivity contribution in [2.75, 3.05) is 0 Å². The molecule has 66 valence electrons. The molecule has 0 aromatic carbocycles. The molecule has 0 bridgehead atoms. The highest BCUT2D eigenvalue weighted by atomic mass is 32.2. The minimum Gasteiger partial charge on any atom is -0.481 e. The number of nitrogens with two attached hydrogens (primary N) is 1. The van der Waals surface area contributed by atoms with Gasteiger partial charge in [0.2, 0.25) is 10.0 Å². The van der Waals surface area contributed by atoms with E-state index in [1.807, 2.05) is 0 Å². The van der Waals surface area contributed by atoms with E-state index in [1.165, 1.54) is 6.92 Å². The fraction of sp³-hybridized carbons (Fsp3) is 0.800. The highest BCUT2D eigenvalue weighted by Gasteiger charge is 2.16. The molecule has 3 N–H and O–H groups in total. The van der Waals surface area contributed by atoms with Crippen molar-refractivity contribution >= 4 is 16.0 Å². The van der Waals surface area contributed by atoms with Gasteiger partial charge in [-0.25, -0.2) is 13.6 Å². The molecule has 0 aliphatic rings. The van der Waals surface area contributed by atoms with Gasteiger partial charge in [0.25, 0.3) is 0 Å². The summed E-state index contributed by atoms with van der Waals surface area (Å²) in [4.78, 5) is 10.00. The van der Waals surface area contributed by atoms with E-state index in [2.05, 4.69) is 0 Å². The molecular weight excluding hydrogens is 170 g/mol. The molecule has 11 heavy (non-hydrogen) atoms. The summed E-state index contributed by atoms with van der Waals surface area (Å²) in [6.07, 6.45) is -0.105. The maximum atomic E-state index is 10.5.